The van der Waals surface area contributed by atoms with Crippen LogP contribution in [0, 0.1) is 0 Å². The van der Waals surface area contributed by atoms with Gasteiger partial charge in [0.2, 0.25) is 0 Å². The Balaban J connectivity index is 1.92. The Morgan fingerprint density at radius 3 is 2.38 bits per heavy atom. The molecule has 0 radical (unpaired) electrons. The number of benzene rings is 1. The lowest BCUT2D eigenvalue weighted by Gasteiger charge is -2.26. The van der Waals surface area contributed by atoms with Crippen LogP contribution in [0.25, 0.3) is 0 Å². The molecule has 1 aliphatic rings. The van der Waals surface area contributed by atoms with Crippen LogP contribution in [0.2, 0.25) is 10.0 Å². The summed E-state index contributed by atoms with van der Waals surface area (Å²) < 4.78 is 2.98. The SMILES string of the molecule is Cn1cc2c(n1)C(=O)N(c1cc(Cl)c(=O)n(C)c1)[C@H]2c1ccc(Cl)cc1. The lowest BCUT2D eigenvalue weighted by Crippen LogP contribution is -2.31. The van der Waals surface area contributed by atoms with Gasteiger partial charge in [-0.2, -0.15) is 5.10 Å². The molecule has 4 rings (SSSR count). The molecule has 0 saturated heterocycles. The summed E-state index contributed by atoms with van der Waals surface area (Å²) in [6.07, 6.45) is 3.43. The van der Waals surface area contributed by atoms with Crippen LogP contribution >= 0.6 is 23.2 Å². The van der Waals surface area contributed by atoms with Gasteiger partial charge in [-0.15, -0.1) is 0 Å². The predicted octanol–water partition coefficient (Wildman–Crippen LogP) is 3.18. The Morgan fingerprint density at radius 1 is 1.04 bits per heavy atom. The van der Waals surface area contributed by atoms with Crippen molar-refractivity contribution in [3.05, 3.63) is 79.9 Å². The molecule has 1 amide bonds. The van der Waals surface area contributed by atoms with E-state index in [1.165, 1.54) is 10.6 Å². The van der Waals surface area contributed by atoms with Crippen molar-refractivity contribution in [2.45, 2.75) is 6.04 Å². The summed E-state index contributed by atoms with van der Waals surface area (Å²) in [7, 11) is 3.37. The van der Waals surface area contributed by atoms with Gasteiger partial charge in [0.05, 0.1) is 11.7 Å². The third kappa shape index (κ3) is 2.53. The highest BCUT2D eigenvalue weighted by Crippen LogP contribution is 2.41. The third-order valence-corrected chi connectivity index (χ3v) is 4.94. The Morgan fingerprint density at radius 2 is 1.73 bits per heavy atom. The van der Waals surface area contributed by atoms with Crippen LogP contribution in [0.4, 0.5) is 5.69 Å². The maximum atomic E-state index is 13.1. The first-order valence-electron chi connectivity index (χ1n) is 7.85. The number of aryl methyl sites for hydroxylation is 2. The Labute approximate surface area is 159 Å². The van der Waals surface area contributed by atoms with Gasteiger partial charge in [-0.25, -0.2) is 0 Å². The Kier molecular flexibility index (Phi) is 3.89. The molecule has 0 unspecified atom stereocenters. The molecule has 0 aliphatic carbocycles. The molecule has 132 valence electrons. The van der Waals surface area contributed by atoms with E-state index in [4.69, 9.17) is 23.2 Å². The van der Waals surface area contributed by atoms with Crippen molar-refractivity contribution in [3.8, 4) is 0 Å². The molecule has 1 aliphatic heterocycles. The molecule has 0 saturated carbocycles. The van der Waals surface area contributed by atoms with Gasteiger partial charge in [0.25, 0.3) is 11.5 Å². The van der Waals surface area contributed by atoms with E-state index >= 15 is 0 Å². The van der Waals surface area contributed by atoms with Crippen LogP contribution in [0.15, 0.2) is 47.5 Å². The normalized spacial score (nSPS) is 16.2. The fraction of sp³-hybridized carbons (Fsp3) is 0.167. The zero-order valence-electron chi connectivity index (χ0n) is 14.0. The quantitative estimate of drug-likeness (QED) is 0.677. The van der Waals surface area contributed by atoms with Gasteiger partial charge >= 0.3 is 0 Å². The van der Waals surface area contributed by atoms with Gasteiger partial charge in [-0.05, 0) is 23.8 Å². The maximum Gasteiger partial charge on any atom is 0.280 e. The van der Waals surface area contributed by atoms with Crippen molar-refractivity contribution in [1.82, 2.24) is 14.3 Å². The van der Waals surface area contributed by atoms with Gasteiger partial charge < -0.3 is 4.57 Å². The lowest BCUT2D eigenvalue weighted by atomic mass is 10.0. The second-order valence-electron chi connectivity index (χ2n) is 6.20. The molecule has 0 bridgehead atoms. The molecule has 8 heteroatoms. The molecule has 0 N–H and O–H groups in total. The molecule has 26 heavy (non-hydrogen) atoms. The van der Waals surface area contributed by atoms with Crippen molar-refractivity contribution in [2.24, 2.45) is 14.1 Å². The minimum Gasteiger partial charge on any atom is -0.315 e. The van der Waals surface area contributed by atoms with Crippen molar-refractivity contribution in [2.75, 3.05) is 4.90 Å². The first kappa shape index (κ1) is 16.9. The summed E-state index contributed by atoms with van der Waals surface area (Å²) in [5.74, 6) is -0.240. The number of carbonyl (C=O) groups excluding carboxylic acids is 1. The third-order valence-electron chi connectivity index (χ3n) is 4.42. The highest BCUT2D eigenvalue weighted by atomic mass is 35.5. The molecule has 1 atom stereocenters. The fourth-order valence-corrected chi connectivity index (χ4v) is 3.64. The minimum atomic E-state index is -0.378. The summed E-state index contributed by atoms with van der Waals surface area (Å²) >= 11 is 12.1. The standard InChI is InChI=1S/C18H14Cl2N4O2/c1-22-8-12(7-14(20)17(22)25)24-16(10-3-5-11(19)6-4-10)13-9-23(2)21-15(13)18(24)26/h3-9,16H,1-2H3/t16-/m0/s1. The van der Waals surface area contributed by atoms with Crippen molar-refractivity contribution < 1.29 is 4.79 Å². The number of carbonyl (C=O) groups is 1. The van der Waals surface area contributed by atoms with Crippen molar-refractivity contribution in [1.29, 1.82) is 0 Å². The molecule has 3 aromatic rings. The van der Waals surface area contributed by atoms with Gasteiger partial charge in [0, 0.05) is 37.1 Å². The van der Waals surface area contributed by atoms with E-state index in [0.29, 0.717) is 16.4 Å². The van der Waals surface area contributed by atoms with Gasteiger partial charge in [-0.3, -0.25) is 19.2 Å². The molecular formula is C18H14Cl2N4O2. The number of amides is 1. The van der Waals surface area contributed by atoms with Gasteiger partial charge in [0.15, 0.2) is 5.69 Å². The average molecular weight is 389 g/mol. The van der Waals surface area contributed by atoms with Crippen LogP contribution in [-0.4, -0.2) is 20.3 Å². The molecular weight excluding hydrogens is 375 g/mol. The Bertz CT molecular complexity index is 1060. The zero-order chi connectivity index (χ0) is 18.6. The number of fused-ring (bicyclic) bond motifs is 1. The average Bonchev–Trinajstić information content (AvgIpc) is 3.09. The van der Waals surface area contributed by atoms with E-state index in [2.05, 4.69) is 5.10 Å². The Hall–Kier alpha value is -2.57. The van der Waals surface area contributed by atoms with Crippen LogP contribution in [-0.2, 0) is 14.1 Å². The first-order valence-corrected chi connectivity index (χ1v) is 8.61. The monoisotopic (exact) mass is 388 g/mol. The highest BCUT2D eigenvalue weighted by molar-refractivity contribution is 6.31. The number of pyridine rings is 1. The number of hydrogen-bond acceptors (Lipinski definition) is 3. The zero-order valence-corrected chi connectivity index (χ0v) is 15.5. The highest BCUT2D eigenvalue weighted by Gasteiger charge is 2.41. The lowest BCUT2D eigenvalue weighted by molar-refractivity contribution is 0.0988. The van der Waals surface area contributed by atoms with E-state index < -0.39 is 0 Å². The topological polar surface area (TPSA) is 60.1 Å². The number of halogens is 2. The van der Waals surface area contributed by atoms with Gasteiger partial charge in [0.1, 0.15) is 5.02 Å². The molecule has 2 aromatic heterocycles. The van der Waals surface area contributed by atoms with E-state index in [-0.39, 0.29) is 22.5 Å². The summed E-state index contributed by atoms with van der Waals surface area (Å²) in [4.78, 5) is 26.6. The van der Waals surface area contributed by atoms with E-state index in [9.17, 15) is 9.59 Å². The number of hydrogen-bond donors (Lipinski definition) is 0. The molecule has 0 fully saturated rings. The fourth-order valence-electron chi connectivity index (χ4n) is 3.27. The van der Waals surface area contributed by atoms with E-state index in [1.54, 1.807) is 42.0 Å². The van der Waals surface area contributed by atoms with E-state index in [1.807, 2.05) is 18.3 Å². The van der Waals surface area contributed by atoms with Crippen molar-refractivity contribution in [3.63, 3.8) is 0 Å². The molecule has 3 heterocycles. The summed E-state index contributed by atoms with van der Waals surface area (Å²) in [5, 5.41) is 4.97. The summed E-state index contributed by atoms with van der Waals surface area (Å²) in [6, 6.07) is 8.44. The van der Waals surface area contributed by atoms with Crippen LogP contribution in [0.3, 0.4) is 0 Å². The molecule has 0 spiro atoms. The molecule has 1 aromatic carbocycles. The second-order valence-corrected chi connectivity index (χ2v) is 7.04. The summed E-state index contributed by atoms with van der Waals surface area (Å²) in [5.41, 5.74) is 2.28. The maximum absolute atomic E-state index is 13.1. The summed E-state index contributed by atoms with van der Waals surface area (Å²) in [6.45, 7) is 0. The minimum absolute atomic E-state index is 0.0535. The van der Waals surface area contributed by atoms with Crippen LogP contribution < -0.4 is 10.5 Å². The van der Waals surface area contributed by atoms with E-state index in [0.717, 1.165) is 11.1 Å². The number of anilines is 1. The molecule has 6 nitrogen and oxygen atoms in total. The smallest absolute Gasteiger partial charge is 0.280 e. The number of aromatic nitrogens is 3. The second kappa shape index (κ2) is 6.00. The van der Waals surface area contributed by atoms with Gasteiger partial charge in [-0.1, -0.05) is 35.3 Å². The van der Waals surface area contributed by atoms with Crippen LogP contribution in [0.5, 0.6) is 0 Å². The number of rotatable bonds is 2. The number of nitrogens with zero attached hydrogens (tertiary/aromatic N) is 4. The van der Waals surface area contributed by atoms with Crippen molar-refractivity contribution >= 4 is 34.8 Å². The first-order chi connectivity index (χ1) is 12.4. The predicted molar refractivity (Wildman–Crippen MR) is 100 cm³/mol. The van der Waals surface area contributed by atoms with Crippen LogP contribution in [0.1, 0.15) is 27.7 Å². The largest absolute Gasteiger partial charge is 0.315 e.